The molecule has 3 heteroatoms. The molecule has 1 aliphatic carbocycles. The molecule has 1 fully saturated rings. The van der Waals surface area contributed by atoms with Crippen LogP contribution in [0.25, 0.3) is 11.3 Å². The van der Waals surface area contributed by atoms with Gasteiger partial charge in [0.05, 0.1) is 30.4 Å². The van der Waals surface area contributed by atoms with Crippen molar-refractivity contribution in [1.82, 2.24) is 9.55 Å². The predicted octanol–water partition coefficient (Wildman–Crippen LogP) is 2.86. The van der Waals surface area contributed by atoms with Crippen LogP contribution in [0.2, 0.25) is 0 Å². The maximum atomic E-state index is 10.3. The van der Waals surface area contributed by atoms with Crippen LogP contribution in [0.4, 0.5) is 0 Å². The van der Waals surface area contributed by atoms with Crippen LogP contribution in [-0.2, 0) is 0 Å². The molecule has 1 unspecified atom stereocenters. The minimum Gasteiger partial charge on any atom is -0.393 e. The molecule has 0 bridgehead atoms. The number of hydrogen-bond acceptors (Lipinski definition) is 2. The van der Waals surface area contributed by atoms with Gasteiger partial charge < -0.3 is 9.67 Å². The van der Waals surface area contributed by atoms with Gasteiger partial charge in [-0.25, -0.2) is 4.98 Å². The van der Waals surface area contributed by atoms with E-state index in [0.29, 0.717) is 0 Å². The Morgan fingerprint density at radius 1 is 1.32 bits per heavy atom. The Balaban J connectivity index is 1.90. The number of hydrogen-bond donors (Lipinski definition) is 1. The molecule has 1 saturated carbocycles. The number of benzene rings is 1. The van der Waals surface area contributed by atoms with Crippen LogP contribution < -0.4 is 0 Å². The number of aliphatic hydroxyl groups excluding tert-OH is 1. The maximum Gasteiger partial charge on any atom is 0.0956 e. The third-order valence-corrected chi connectivity index (χ3v) is 4.91. The smallest absolute Gasteiger partial charge is 0.0956 e. The molecule has 2 aliphatic rings. The number of nitrogens with zero attached hydrogens (tertiary/aromatic N) is 2. The molecule has 0 spiro atoms. The van der Waals surface area contributed by atoms with Gasteiger partial charge in [-0.05, 0) is 17.4 Å². The molecule has 0 radical (unpaired) electrons. The van der Waals surface area contributed by atoms with Gasteiger partial charge in [0, 0.05) is 11.5 Å². The lowest BCUT2D eigenvalue weighted by Gasteiger charge is -2.52. The number of imidazole rings is 1. The second kappa shape index (κ2) is 3.48. The van der Waals surface area contributed by atoms with E-state index in [9.17, 15) is 5.11 Å². The topological polar surface area (TPSA) is 38.1 Å². The summed E-state index contributed by atoms with van der Waals surface area (Å²) in [5.41, 5.74) is 3.95. The summed E-state index contributed by atoms with van der Waals surface area (Å²) in [6.07, 6.45) is 4.51. The number of fused-ring (bicyclic) bond motifs is 3. The fraction of sp³-hybridized carbons (Fsp3) is 0.438. The van der Waals surface area contributed by atoms with Crippen molar-refractivity contribution in [3.05, 3.63) is 42.4 Å². The van der Waals surface area contributed by atoms with Gasteiger partial charge in [-0.3, -0.25) is 0 Å². The first-order valence-electron chi connectivity index (χ1n) is 6.89. The lowest BCUT2D eigenvalue weighted by Crippen LogP contribution is -2.51. The van der Waals surface area contributed by atoms with Gasteiger partial charge in [0.25, 0.3) is 0 Å². The van der Waals surface area contributed by atoms with Gasteiger partial charge >= 0.3 is 0 Å². The van der Waals surface area contributed by atoms with Gasteiger partial charge in [-0.15, -0.1) is 0 Å². The van der Waals surface area contributed by atoms with Crippen LogP contribution in [0, 0.1) is 11.3 Å². The molecule has 3 atom stereocenters. The van der Waals surface area contributed by atoms with Crippen molar-refractivity contribution >= 4 is 0 Å². The Labute approximate surface area is 112 Å². The normalized spacial score (nSPS) is 30.6. The van der Waals surface area contributed by atoms with Gasteiger partial charge in [-0.1, -0.05) is 38.1 Å². The third kappa shape index (κ3) is 1.34. The molecule has 1 aliphatic heterocycles. The molecule has 3 nitrogen and oxygen atoms in total. The van der Waals surface area contributed by atoms with E-state index in [-0.39, 0.29) is 23.5 Å². The minimum atomic E-state index is -0.207. The average molecular weight is 254 g/mol. The van der Waals surface area contributed by atoms with E-state index in [1.807, 2.05) is 12.5 Å². The Hall–Kier alpha value is -1.61. The van der Waals surface area contributed by atoms with Crippen LogP contribution in [-0.4, -0.2) is 20.8 Å². The number of aromatic nitrogens is 2. The largest absolute Gasteiger partial charge is 0.393 e. The summed E-state index contributed by atoms with van der Waals surface area (Å²) in [7, 11) is 0. The van der Waals surface area contributed by atoms with Gasteiger partial charge in [0.1, 0.15) is 0 Å². The fourth-order valence-corrected chi connectivity index (χ4v) is 4.04. The molecule has 2 aromatic rings. The Kier molecular flexibility index (Phi) is 2.06. The fourth-order valence-electron chi connectivity index (χ4n) is 4.04. The average Bonchev–Trinajstić information content (AvgIpc) is 2.92. The molecular formula is C16H18N2O. The molecule has 98 valence electrons. The standard InChI is InChI=1S/C16H18N2O/c1-16(2)7-13(19)14(16)15-11-6-4-3-5-10(11)12-8-17-9-18(12)15/h3-6,8-9,13-15,19H,7H2,1-2H3/t13-,14+,15?/m1/s1. The van der Waals surface area contributed by atoms with Crippen LogP contribution in [0.3, 0.4) is 0 Å². The second-order valence-electron chi connectivity index (χ2n) is 6.50. The zero-order valence-electron chi connectivity index (χ0n) is 11.2. The van der Waals surface area contributed by atoms with E-state index in [1.54, 1.807) is 0 Å². The molecule has 2 heterocycles. The summed E-state index contributed by atoms with van der Waals surface area (Å²) in [4.78, 5) is 4.29. The van der Waals surface area contributed by atoms with Crippen LogP contribution in [0.1, 0.15) is 31.9 Å². The third-order valence-electron chi connectivity index (χ3n) is 4.91. The van der Waals surface area contributed by atoms with E-state index in [1.165, 1.54) is 16.8 Å². The van der Waals surface area contributed by atoms with E-state index < -0.39 is 0 Å². The molecule has 4 rings (SSSR count). The number of rotatable bonds is 1. The van der Waals surface area contributed by atoms with Crippen molar-refractivity contribution in [2.45, 2.75) is 32.4 Å². The van der Waals surface area contributed by atoms with Crippen molar-refractivity contribution in [3.8, 4) is 11.3 Å². The molecule has 1 N–H and O–H groups in total. The molecule has 1 aromatic carbocycles. The zero-order chi connectivity index (χ0) is 13.2. The second-order valence-corrected chi connectivity index (χ2v) is 6.50. The van der Waals surface area contributed by atoms with Crippen molar-refractivity contribution in [2.75, 3.05) is 0 Å². The van der Waals surface area contributed by atoms with Crippen molar-refractivity contribution in [2.24, 2.45) is 11.3 Å². The van der Waals surface area contributed by atoms with Crippen LogP contribution in [0.15, 0.2) is 36.8 Å². The highest BCUT2D eigenvalue weighted by Gasteiger charge is 2.53. The van der Waals surface area contributed by atoms with Gasteiger partial charge in [0.15, 0.2) is 0 Å². The summed E-state index contributed by atoms with van der Waals surface area (Å²) in [6.45, 7) is 4.50. The van der Waals surface area contributed by atoms with E-state index in [4.69, 9.17) is 0 Å². The minimum absolute atomic E-state index is 0.184. The molecular weight excluding hydrogens is 236 g/mol. The van der Waals surface area contributed by atoms with Crippen molar-refractivity contribution in [3.63, 3.8) is 0 Å². The predicted molar refractivity (Wildman–Crippen MR) is 73.7 cm³/mol. The van der Waals surface area contributed by atoms with Crippen LogP contribution >= 0.6 is 0 Å². The van der Waals surface area contributed by atoms with Gasteiger partial charge in [0.2, 0.25) is 0 Å². The SMILES string of the molecule is CC1(C)C[C@@H](O)[C@H]1C1c2ccccc2-c2cncn21. The Morgan fingerprint density at radius 2 is 2.11 bits per heavy atom. The first-order valence-corrected chi connectivity index (χ1v) is 6.89. The highest BCUT2D eigenvalue weighted by Crippen LogP contribution is 2.56. The number of aliphatic hydroxyl groups is 1. The first-order chi connectivity index (χ1) is 9.09. The Morgan fingerprint density at radius 3 is 2.84 bits per heavy atom. The highest BCUT2D eigenvalue weighted by molar-refractivity contribution is 5.69. The Bertz CT molecular complexity index is 644. The van der Waals surface area contributed by atoms with E-state index in [2.05, 4.69) is 47.7 Å². The molecule has 19 heavy (non-hydrogen) atoms. The maximum absolute atomic E-state index is 10.3. The summed E-state index contributed by atoms with van der Waals surface area (Å²) >= 11 is 0. The summed E-state index contributed by atoms with van der Waals surface area (Å²) in [5.74, 6) is 0.268. The van der Waals surface area contributed by atoms with Crippen molar-refractivity contribution < 1.29 is 5.11 Å². The van der Waals surface area contributed by atoms with Gasteiger partial charge in [-0.2, -0.15) is 0 Å². The summed E-state index contributed by atoms with van der Waals surface area (Å²) in [6, 6.07) is 8.73. The van der Waals surface area contributed by atoms with Crippen LogP contribution in [0.5, 0.6) is 0 Å². The summed E-state index contributed by atoms with van der Waals surface area (Å²) < 4.78 is 2.24. The monoisotopic (exact) mass is 254 g/mol. The molecule has 1 aromatic heterocycles. The lowest BCUT2D eigenvalue weighted by molar-refractivity contribution is -0.103. The molecule has 0 saturated heterocycles. The van der Waals surface area contributed by atoms with E-state index in [0.717, 1.165) is 6.42 Å². The first kappa shape index (κ1) is 11.2. The highest BCUT2D eigenvalue weighted by atomic mass is 16.3. The van der Waals surface area contributed by atoms with E-state index >= 15 is 0 Å². The summed E-state index contributed by atoms with van der Waals surface area (Å²) in [5, 5.41) is 10.3. The molecule has 0 amide bonds. The zero-order valence-corrected chi connectivity index (χ0v) is 11.2. The lowest BCUT2D eigenvalue weighted by atomic mass is 9.57. The van der Waals surface area contributed by atoms with Crippen molar-refractivity contribution in [1.29, 1.82) is 0 Å². The quantitative estimate of drug-likeness (QED) is 0.849.